The summed E-state index contributed by atoms with van der Waals surface area (Å²) in [6.07, 6.45) is 1.47. The lowest BCUT2D eigenvalue weighted by molar-refractivity contribution is -0.132. The molecule has 0 saturated heterocycles. The van der Waals surface area contributed by atoms with E-state index in [9.17, 15) is 14.9 Å². The molecular weight excluding hydrogens is 356 g/mol. The summed E-state index contributed by atoms with van der Waals surface area (Å²) < 4.78 is 10.6. The number of rotatable bonds is 7. The molecule has 0 fully saturated rings. The minimum atomic E-state index is -0.471. The van der Waals surface area contributed by atoms with Crippen molar-refractivity contribution in [3.63, 3.8) is 0 Å². The fourth-order valence-electron chi connectivity index (χ4n) is 2.54. The van der Waals surface area contributed by atoms with E-state index in [0.717, 1.165) is 5.56 Å². The monoisotopic (exact) mass is 378 g/mol. The van der Waals surface area contributed by atoms with Crippen LogP contribution in [0.3, 0.4) is 0 Å². The maximum atomic E-state index is 12.5. The van der Waals surface area contributed by atoms with Crippen molar-refractivity contribution in [2.45, 2.75) is 26.8 Å². The van der Waals surface area contributed by atoms with Crippen molar-refractivity contribution in [3.05, 3.63) is 65.2 Å². The third-order valence-corrected chi connectivity index (χ3v) is 3.84. The van der Waals surface area contributed by atoms with Crippen molar-refractivity contribution in [3.8, 4) is 17.6 Å². The average Bonchev–Trinajstić information content (AvgIpc) is 2.68. The average molecular weight is 378 g/mol. The van der Waals surface area contributed by atoms with Gasteiger partial charge >= 0.3 is 5.97 Å². The van der Waals surface area contributed by atoms with E-state index in [2.05, 4.69) is 5.32 Å². The first-order valence-corrected chi connectivity index (χ1v) is 8.87. The quantitative estimate of drug-likeness (QED) is 0.343. The molecule has 6 nitrogen and oxygen atoms in total. The van der Waals surface area contributed by atoms with E-state index in [0.29, 0.717) is 17.9 Å². The molecule has 0 radical (unpaired) electrons. The highest BCUT2D eigenvalue weighted by Gasteiger charge is 2.15. The van der Waals surface area contributed by atoms with Crippen LogP contribution in [0.5, 0.6) is 11.5 Å². The molecular formula is C22H22N2O4. The van der Waals surface area contributed by atoms with Crippen LogP contribution >= 0.6 is 0 Å². The van der Waals surface area contributed by atoms with Crippen molar-refractivity contribution >= 4 is 18.0 Å². The molecule has 6 heteroatoms. The molecule has 0 spiro atoms. The molecule has 1 unspecified atom stereocenters. The zero-order valence-corrected chi connectivity index (χ0v) is 16.1. The van der Waals surface area contributed by atoms with Crippen molar-refractivity contribution in [1.29, 1.82) is 5.26 Å². The predicted molar refractivity (Wildman–Crippen MR) is 106 cm³/mol. The molecule has 2 aromatic carbocycles. The Labute approximate surface area is 164 Å². The molecule has 28 heavy (non-hydrogen) atoms. The molecule has 0 saturated carbocycles. The summed E-state index contributed by atoms with van der Waals surface area (Å²) in [5, 5.41) is 12.2. The second kappa shape index (κ2) is 9.93. The van der Waals surface area contributed by atoms with E-state index < -0.39 is 11.9 Å². The summed E-state index contributed by atoms with van der Waals surface area (Å²) in [5.41, 5.74) is 1.49. The minimum Gasteiger partial charge on any atom is -0.490 e. The fraction of sp³-hybridized carbons (Fsp3) is 0.227. The molecule has 1 amide bonds. The fourth-order valence-corrected chi connectivity index (χ4v) is 2.54. The smallest absolute Gasteiger partial charge is 0.308 e. The van der Waals surface area contributed by atoms with E-state index in [-0.39, 0.29) is 17.4 Å². The number of hydrogen-bond donors (Lipinski definition) is 1. The van der Waals surface area contributed by atoms with Gasteiger partial charge in [-0.1, -0.05) is 36.4 Å². The summed E-state index contributed by atoms with van der Waals surface area (Å²) in [4.78, 5) is 23.7. The van der Waals surface area contributed by atoms with Gasteiger partial charge in [-0.2, -0.15) is 5.26 Å². The van der Waals surface area contributed by atoms with Gasteiger partial charge in [0.1, 0.15) is 11.6 Å². The zero-order chi connectivity index (χ0) is 20.5. The summed E-state index contributed by atoms with van der Waals surface area (Å²) >= 11 is 0. The molecule has 0 heterocycles. The maximum Gasteiger partial charge on any atom is 0.308 e. The number of nitriles is 1. The predicted octanol–water partition coefficient (Wildman–Crippen LogP) is 3.79. The Bertz CT molecular complexity index is 914. The molecule has 1 N–H and O–H groups in total. The second-order valence-electron chi connectivity index (χ2n) is 6.01. The van der Waals surface area contributed by atoms with Crippen molar-refractivity contribution < 1.29 is 19.1 Å². The SMILES string of the molecule is CCOc1cc(/C=C(/C#N)C(=O)NC(C)c2ccccc2)ccc1OC(C)=O. The highest BCUT2D eigenvalue weighted by molar-refractivity contribution is 6.01. The first kappa shape index (κ1) is 20.7. The topological polar surface area (TPSA) is 88.4 Å². The van der Waals surface area contributed by atoms with Crippen LogP contribution in [0.25, 0.3) is 6.08 Å². The van der Waals surface area contributed by atoms with Crippen LogP contribution < -0.4 is 14.8 Å². The number of hydrogen-bond acceptors (Lipinski definition) is 5. The largest absolute Gasteiger partial charge is 0.490 e. The number of ether oxygens (including phenoxy) is 2. The molecule has 0 aliphatic carbocycles. The van der Waals surface area contributed by atoms with E-state index in [1.54, 1.807) is 25.1 Å². The minimum absolute atomic E-state index is 0.0366. The van der Waals surface area contributed by atoms with Gasteiger partial charge in [0.15, 0.2) is 11.5 Å². The lowest BCUT2D eigenvalue weighted by Crippen LogP contribution is -2.27. The summed E-state index contributed by atoms with van der Waals surface area (Å²) in [6, 6.07) is 16.0. The van der Waals surface area contributed by atoms with Gasteiger partial charge in [0.25, 0.3) is 5.91 Å². The van der Waals surface area contributed by atoms with Gasteiger partial charge in [0.05, 0.1) is 12.6 Å². The summed E-state index contributed by atoms with van der Waals surface area (Å²) in [7, 11) is 0. The highest BCUT2D eigenvalue weighted by atomic mass is 16.6. The summed E-state index contributed by atoms with van der Waals surface area (Å²) in [5.74, 6) is -0.286. The lowest BCUT2D eigenvalue weighted by atomic mass is 10.1. The van der Waals surface area contributed by atoms with Gasteiger partial charge in [-0.15, -0.1) is 0 Å². The number of carbonyl (C=O) groups is 2. The second-order valence-corrected chi connectivity index (χ2v) is 6.01. The molecule has 0 aliphatic heterocycles. The highest BCUT2D eigenvalue weighted by Crippen LogP contribution is 2.29. The summed E-state index contributed by atoms with van der Waals surface area (Å²) in [6.45, 7) is 5.33. The number of amides is 1. The molecule has 0 aromatic heterocycles. The van der Waals surface area contributed by atoms with Crippen LogP contribution in [0.1, 0.15) is 37.9 Å². The van der Waals surface area contributed by atoms with Crippen LogP contribution in [0.15, 0.2) is 54.1 Å². The van der Waals surface area contributed by atoms with Gasteiger partial charge in [-0.25, -0.2) is 0 Å². The number of esters is 1. The first-order chi connectivity index (χ1) is 13.4. The Hall–Kier alpha value is -3.59. The Kier molecular flexibility index (Phi) is 7.35. The molecule has 2 aromatic rings. The van der Waals surface area contributed by atoms with Gasteiger partial charge in [-0.3, -0.25) is 9.59 Å². The maximum absolute atomic E-state index is 12.5. The van der Waals surface area contributed by atoms with Crippen LogP contribution in [-0.2, 0) is 9.59 Å². The number of carbonyl (C=O) groups excluding carboxylic acids is 2. The molecule has 144 valence electrons. The third-order valence-electron chi connectivity index (χ3n) is 3.84. The Morgan fingerprint density at radius 2 is 1.89 bits per heavy atom. The molecule has 0 bridgehead atoms. The van der Waals surface area contributed by atoms with Gasteiger partial charge in [0.2, 0.25) is 0 Å². The van der Waals surface area contributed by atoms with Crippen LogP contribution in [0.2, 0.25) is 0 Å². The number of benzene rings is 2. The number of nitrogens with zero attached hydrogens (tertiary/aromatic N) is 1. The number of nitrogens with one attached hydrogen (secondary N) is 1. The van der Waals surface area contributed by atoms with Gasteiger partial charge < -0.3 is 14.8 Å². The molecule has 0 aliphatic rings. The first-order valence-electron chi connectivity index (χ1n) is 8.87. The third kappa shape index (κ3) is 5.71. The van der Waals surface area contributed by atoms with E-state index in [4.69, 9.17) is 9.47 Å². The van der Waals surface area contributed by atoms with Gasteiger partial charge in [0, 0.05) is 6.92 Å². The van der Waals surface area contributed by atoms with E-state index in [1.165, 1.54) is 13.0 Å². The van der Waals surface area contributed by atoms with Crippen LogP contribution in [0, 0.1) is 11.3 Å². The van der Waals surface area contributed by atoms with Crippen molar-refractivity contribution in [2.75, 3.05) is 6.61 Å². The van der Waals surface area contributed by atoms with Crippen molar-refractivity contribution in [1.82, 2.24) is 5.32 Å². The standard InChI is InChI=1S/C22H22N2O4/c1-4-27-21-13-17(10-11-20(21)28-16(3)25)12-19(14-23)22(26)24-15(2)18-8-6-5-7-9-18/h5-13,15H,4H2,1-3H3,(H,24,26)/b19-12-. The molecule has 1 atom stereocenters. The van der Waals surface area contributed by atoms with Crippen LogP contribution in [0.4, 0.5) is 0 Å². The zero-order valence-electron chi connectivity index (χ0n) is 16.1. The Balaban J connectivity index is 2.23. The Morgan fingerprint density at radius 3 is 2.50 bits per heavy atom. The van der Waals surface area contributed by atoms with E-state index >= 15 is 0 Å². The lowest BCUT2D eigenvalue weighted by Gasteiger charge is -2.14. The molecule has 2 rings (SSSR count). The van der Waals surface area contributed by atoms with E-state index in [1.807, 2.05) is 43.3 Å². The van der Waals surface area contributed by atoms with Crippen LogP contribution in [-0.4, -0.2) is 18.5 Å². The van der Waals surface area contributed by atoms with Gasteiger partial charge in [-0.05, 0) is 43.2 Å². The Morgan fingerprint density at radius 1 is 1.18 bits per heavy atom. The van der Waals surface area contributed by atoms with Crippen molar-refractivity contribution in [2.24, 2.45) is 0 Å². The normalized spacial score (nSPS) is 11.9.